The van der Waals surface area contributed by atoms with Crippen LogP contribution >= 0.6 is 24.2 Å². The molecule has 25 heavy (non-hydrogen) atoms. The Morgan fingerprint density at radius 2 is 1.84 bits per heavy atom. The number of thioether (sulfide) groups is 1. The fourth-order valence-corrected chi connectivity index (χ4v) is 3.93. The number of nitrogens with one attached hydrogen (secondary N) is 2. The number of hydrogen-bond donors (Lipinski definition) is 2. The molecule has 2 amide bonds. The summed E-state index contributed by atoms with van der Waals surface area (Å²) in [5.41, 5.74) is 0.775. The van der Waals surface area contributed by atoms with Gasteiger partial charge in [-0.3, -0.25) is 9.59 Å². The summed E-state index contributed by atoms with van der Waals surface area (Å²) in [6.07, 6.45) is 2.16. The Morgan fingerprint density at radius 3 is 2.36 bits per heavy atom. The van der Waals surface area contributed by atoms with Crippen molar-refractivity contribution >= 4 is 41.7 Å². The molecule has 1 atom stereocenters. The van der Waals surface area contributed by atoms with Gasteiger partial charge in [0.2, 0.25) is 11.8 Å². The minimum Gasteiger partial charge on any atom is -0.342 e. The molecule has 2 rings (SSSR count). The molecule has 0 spiro atoms. The molecule has 7 heteroatoms. The van der Waals surface area contributed by atoms with Crippen LogP contribution in [-0.2, 0) is 9.59 Å². The number of benzene rings is 1. The Labute approximate surface area is 160 Å². The average molecular weight is 386 g/mol. The number of carbonyl (C=O) groups excluding carboxylic acids is 2. The van der Waals surface area contributed by atoms with Gasteiger partial charge in [0.1, 0.15) is 0 Å². The van der Waals surface area contributed by atoms with E-state index in [1.807, 2.05) is 43.1 Å². The van der Waals surface area contributed by atoms with E-state index in [-0.39, 0.29) is 29.5 Å². The lowest BCUT2D eigenvalue weighted by Gasteiger charge is -2.33. The Kier molecular flexibility index (Phi) is 9.32. The predicted octanol–water partition coefficient (Wildman–Crippen LogP) is 3.01. The van der Waals surface area contributed by atoms with Crippen molar-refractivity contribution in [1.82, 2.24) is 10.2 Å². The van der Waals surface area contributed by atoms with E-state index in [1.165, 1.54) is 6.92 Å². The lowest BCUT2D eigenvalue weighted by molar-refractivity contribution is -0.131. The van der Waals surface area contributed by atoms with Crippen LogP contribution in [-0.4, -0.2) is 48.6 Å². The second-order valence-corrected chi connectivity index (χ2v) is 7.71. The molecule has 0 aromatic heterocycles. The molecule has 5 nitrogen and oxygen atoms in total. The first-order chi connectivity index (χ1) is 11.5. The molecule has 0 saturated carbocycles. The molecule has 2 N–H and O–H groups in total. The van der Waals surface area contributed by atoms with E-state index in [9.17, 15) is 9.59 Å². The van der Waals surface area contributed by atoms with Crippen molar-refractivity contribution in [2.24, 2.45) is 5.92 Å². The van der Waals surface area contributed by atoms with Crippen LogP contribution < -0.4 is 10.6 Å². The second-order valence-electron chi connectivity index (χ2n) is 6.29. The highest BCUT2D eigenvalue weighted by molar-refractivity contribution is 8.00. The largest absolute Gasteiger partial charge is 0.342 e. The lowest BCUT2D eigenvalue weighted by atomic mass is 9.97. The second kappa shape index (κ2) is 10.7. The number of rotatable bonds is 6. The molecule has 1 aliphatic heterocycles. The number of hydrogen-bond acceptors (Lipinski definition) is 4. The third kappa shape index (κ3) is 6.88. The standard InChI is InChI=1S/C18H27N3O2S.ClH/c1-13(18(23)21-10-8-15(9-11-21)12-19-3)24-17-6-4-16(5-7-17)20-14(2)22;/h4-7,13,15,19H,8-12H2,1-3H3,(H,20,22);1H. The minimum atomic E-state index is -0.0996. The quantitative estimate of drug-likeness (QED) is 0.739. The van der Waals surface area contributed by atoms with Crippen molar-refractivity contribution in [3.8, 4) is 0 Å². The first-order valence-electron chi connectivity index (χ1n) is 8.47. The van der Waals surface area contributed by atoms with Gasteiger partial charge in [-0.2, -0.15) is 0 Å². The topological polar surface area (TPSA) is 61.4 Å². The summed E-state index contributed by atoms with van der Waals surface area (Å²) in [7, 11) is 1.98. The number of halogens is 1. The Bertz CT molecular complexity index is 560. The molecule has 1 aliphatic rings. The molecule has 1 unspecified atom stereocenters. The van der Waals surface area contributed by atoms with Crippen molar-refractivity contribution < 1.29 is 9.59 Å². The van der Waals surface area contributed by atoms with Gasteiger partial charge < -0.3 is 15.5 Å². The Hall–Kier alpha value is -1.24. The number of amides is 2. The first-order valence-corrected chi connectivity index (χ1v) is 9.35. The number of piperidine rings is 1. The van der Waals surface area contributed by atoms with Crippen LogP contribution in [0.4, 0.5) is 5.69 Å². The molecule has 1 saturated heterocycles. The molecule has 140 valence electrons. The zero-order valence-corrected chi connectivity index (χ0v) is 16.7. The maximum absolute atomic E-state index is 12.6. The van der Waals surface area contributed by atoms with Crippen molar-refractivity contribution in [2.45, 2.75) is 36.8 Å². The average Bonchev–Trinajstić information content (AvgIpc) is 2.56. The van der Waals surface area contributed by atoms with Crippen LogP contribution in [0.1, 0.15) is 26.7 Å². The summed E-state index contributed by atoms with van der Waals surface area (Å²) in [5, 5.41) is 5.87. The highest BCUT2D eigenvalue weighted by Gasteiger charge is 2.26. The monoisotopic (exact) mass is 385 g/mol. The van der Waals surface area contributed by atoms with Gasteiger partial charge in [-0.15, -0.1) is 24.2 Å². The maximum atomic E-state index is 12.6. The van der Waals surface area contributed by atoms with Crippen LogP contribution in [0.15, 0.2) is 29.2 Å². The lowest BCUT2D eigenvalue weighted by Crippen LogP contribution is -2.43. The van der Waals surface area contributed by atoms with E-state index in [0.29, 0.717) is 5.92 Å². The third-order valence-electron chi connectivity index (χ3n) is 4.25. The van der Waals surface area contributed by atoms with Gasteiger partial charge in [-0.05, 0) is 63.5 Å². The van der Waals surface area contributed by atoms with E-state index in [4.69, 9.17) is 0 Å². The molecule has 0 radical (unpaired) electrons. The van der Waals surface area contributed by atoms with Crippen LogP contribution in [0.5, 0.6) is 0 Å². The van der Waals surface area contributed by atoms with E-state index < -0.39 is 0 Å². The Morgan fingerprint density at radius 1 is 1.24 bits per heavy atom. The molecule has 0 aliphatic carbocycles. The molecular formula is C18H28ClN3O2S. The van der Waals surface area contributed by atoms with Crippen LogP contribution in [0.3, 0.4) is 0 Å². The smallest absolute Gasteiger partial charge is 0.235 e. The van der Waals surface area contributed by atoms with Crippen LogP contribution in [0.2, 0.25) is 0 Å². The summed E-state index contributed by atoms with van der Waals surface area (Å²) >= 11 is 1.57. The van der Waals surface area contributed by atoms with Crippen molar-refractivity contribution in [1.29, 1.82) is 0 Å². The Balaban J connectivity index is 0.00000312. The van der Waals surface area contributed by atoms with Gasteiger partial charge in [0.15, 0.2) is 0 Å². The normalized spacial score (nSPS) is 16.0. The fourth-order valence-electron chi connectivity index (χ4n) is 2.98. The van der Waals surface area contributed by atoms with E-state index >= 15 is 0 Å². The fraction of sp³-hybridized carbons (Fsp3) is 0.556. The summed E-state index contributed by atoms with van der Waals surface area (Å²) in [5.74, 6) is 0.817. The van der Waals surface area contributed by atoms with E-state index in [2.05, 4.69) is 10.6 Å². The number of likely N-dealkylation sites (tertiary alicyclic amines) is 1. The summed E-state index contributed by atoms with van der Waals surface area (Å²) in [4.78, 5) is 26.7. The summed E-state index contributed by atoms with van der Waals surface area (Å²) in [6, 6.07) is 7.62. The van der Waals surface area contributed by atoms with Crippen molar-refractivity contribution in [2.75, 3.05) is 32.0 Å². The molecular weight excluding hydrogens is 358 g/mol. The molecule has 0 bridgehead atoms. The van der Waals surface area contributed by atoms with Gasteiger partial charge in [0, 0.05) is 30.6 Å². The van der Waals surface area contributed by atoms with Gasteiger partial charge in [-0.25, -0.2) is 0 Å². The SMILES string of the molecule is CNCC1CCN(C(=O)C(C)Sc2ccc(NC(C)=O)cc2)CC1.Cl. The highest BCUT2D eigenvalue weighted by Crippen LogP contribution is 2.27. The van der Waals surface area contributed by atoms with Gasteiger partial charge in [-0.1, -0.05) is 0 Å². The van der Waals surface area contributed by atoms with Gasteiger partial charge in [0.05, 0.1) is 5.25 Å². The summed E-state index contributed by atoms with van der Waals surface area (Å²) in [6.45, 7) is 6.21. The van der Waals surface area contributed by atoms with E-state index in [0.717, 1.165) is 43.1 Å². The molecule has 1 aromatic rings. The molecule has 1 fully saturated rings. The van der Waals surface area contributed by atoms with E-state index in [1.54, 1.807) is 11.8 Å². The summed E-state index contributed by atoms with van der Waals surface area (Å²) < 4.78 is 0. The molecule has 1 heterocycles. The van der Waals surface area contributed by atoms with Crippen LogP contribution in [0, 0.1) is 5.92 Å². The van der Waals surface area contributed by atoms with Gasteiger partial charge >= 0.3 is 0 Å². The highest BCUT2D eigenvalue weighted by atomic mass is 35.5. The van der Waals surface area contributed by atoms with Gasteiger partial charge in [0.25, 0.3) is 0 Å². The predicted molar refractivity (Wildman–Crippen MR) is 107 cm³/mol. The first kappa shape index (κ1) is 21.8. The van der Waals surface area contributed by atoms with Crippen molar-refractivity contribution in [3.05, 3.63) is 24.3 Å². The maximum Gasteiger partial charge on any atom is 0.235 e. The van der Waals surface area contributed by atoms with Crippen LogP contribution in [0.25, 0.3) is 0 Å². The van der Waals surface area contributed by atoms with Crippen molar-refractivity contribution in [3.63, 3.8) is 0 Å². The number of anilines is 1. The molecule has 1 aromatic carbocycles. The third-order valence-corrected chi connectivity index (χ3v) is 5.35. The number of carbonyl (C=O) groups is 2. The number of nitrogens with zero attached hydrogens (tertiary/aromatic N) is 1. The minimum absolute atomic E-state index is 0. The zero-order chi connectivity index (χ0) is 17.5. The zero-order valence-electron chi connectivity index (χ0n) is 15.1.